The Balaban J connectivity index is 2.02. The second-order valence-electron chi connectivity index (χ2n) is 5.64. The Bertz CT molecular complexity index is 898. The topological polar surface area (TPSA) is 21.1 Å². The van der Waals surface area contributed by atoms with E-state index in [1.165, 1.54) is 6.42 Å². The average Bonchev–Trinajstić information content (AvgIpc) is 2.87. The number of aromatic nitrogens is 2. The summed E-state index contributed by atoms with van der Waals surface area (Å²) in [7, 11) is 0. The molecular formula is C17H15Cl2N3. The van der Waals surface area contributed by atoms with Crippen LogP contribution in [0.3, 0.4) is 0 Å². The zero-order valence-corrected chi connectivity index (χ0v) is 13.5. The molecule has 4 rings (SSSR count). The molecule has 2 heterocycles. The highest BCUT2D eigenvalue weighted by atomic mass is 35.5. The molecule has 3 aromatic rings. The lowest BCUT2D eigenvalue weighted by molar-refractivity contribution is 0.632. The third-order valence-corrected chi connectivity index (χ3v) is 4.86. The normalized spacial score (nSPS) is 15.9. The summed E-state index contributed by atoms with van der Waals surface area (Å²) >= 11 is 13.0. The monoisotopic (exact) mass is 331 g/mol. The summed E-state index contributed by atoms with van der Waals surface area (Å²) in [6.07, 6.45) is 3.27. The largest absolute Gasteiger partial charge is 0.315 e. The highest BCUT2D eigenvalue weighted by molar-refractivity contribution is 6.38. The number of hydrogen-bond donors (Lipinski definition) is 0. The van der Waals surface area contributed by atoms with Gasteiger partial charge in [0.15, 0.2) is 0 Å². The van der Waals surface area contributed by atoms with Gasteiger partial charge in [-0.1, -0.05) is 42.4 Å². The number of halogens is 2. The number of hydrogen-bond acceptors (Lipinski definition) is 2. The first kappa shape index (κ1) is 13.9. The van der Waals surface area contributed by atoms with E-state index in [-0.39, 0.29) is 0 Å². The number of anilines is 1. The summed E-state index contributed by atoms with van der Waals surface area (Å²) < 4.78 is 1.63. The Morgan fingerprint density at radius 3 is 2.82 bits per heavy atom. The molecule has 0 spiro atoms. The summed E-state index contributed by atoms with van der Waals surface area (Å²) in [5.41, 5.74) is 2.66. The third kappa shape index (κ3) is 2.00. The van der Waals surface area contributed by atoms with Gasteiger partial charge in [0.05, 0.1) is 10.5 Å². The number of rotatable bonds is 1. The molecule has 0 N–H and O–H groups in total. The molecule has 1 fully saturated rings. The number of allylic oxidation sites excluding steroid dienone is 1. The van der Waals surface area contributed by atoms with E-state index in [9.17, 15) is 0 Å². The number of nitrogens with zero attached hydrogens (tertiary/aromatic N) is 3. The van der Waals surface area contributed by atoms with Crippen molar-refractivity contribution in [2.24, 2.45) is 0 Å². The highest BCUT2D eigenvalue weighted by Crippen LogP contribution is 2.37. The van der Waals surface area contributed by atoms with Crippen LogP contribution >= 0.6 is 23.4 Å². The lowest BCUT2D eigenvalue weighted by atomic mass is 10.1. The Kier molecular flexibility index (Phi) is 3.28. The summed E-state index contributed by atoms with van der Waals surface area (Å²) in [4.78, 5) is 6.80. The van der Waals surface area contributed by atoms with Crippen LogP contribution in [0.2, 0.25) is 5.02 Å². The zero-order chi connectivity index (χ0) is 15.3. The molecule has 0 bridgehead atoms. The highest BCUT2D eigenvalue weighted by Gasteiger charge is 2.23. The van der Waals surface area contributed by atoms with Gasteiger partial charge in [-0.25, -0.2) is 9.07 Å². The van der Waals surface area contributed by atoms with Crippen LogP contribution in [-0.4, -0.2) is 15.6 Å². The van der Waals surface area contributed by atoms with Crippen LogP contribution in [0.25, 0.3) is 21.8 Å². The SMILES string of the molecule is C=C1CCCCN1c1nc2c(Cl)cc3ccccc3c2n1Cl. The van der Waals surface area contributed by atoms with Crippen molar-refractivity contribution in [3.63, 3.8) is 0 Å². The molecular weight excluding hydrogens is 317 g/mol. The van der Waals surface area contributed by atoms with Crippen molar-refractivity contribution in [1.82, 2.24) is 9.07 Å². The van der Waals surface area contributed by atoms with E-state index in [0.29, 0.717) is 11.0 Å². The first-order valence-electron chi connectivity index (χ1n) is 7.38. The molecule has 5 heteroatoms. The molecule has 0 amide bonds. The van der Waals surface area contributed by atoms with E-state index in [1.807, 2.05) is 30.3 Å². The van der Waals surface area contributed by atoms with E-state index < -0.39 is 0 Å². The molecule has 0 radical (unpaired) electrons. The van der Waals surface area contributed by atoms with Crippen molar-refractivity contribution >= 4 is 51.1 Å². The number of piperidine rings is 1. The molecule has 112 valence electrons. The number of imidazole rings is 1. The van der Waals surface area contributed by atoms with Gasteiger partial charge in [0.2, 0.25) is 5.95 Å². The van der Waals surface area contributed by atoms with E-state index in [2.05, 4.69) is 11.5 Å². The van der Waals surface area contributed by atoms with Crippen molar-refractivity contribution in [3.8, 4) is 0 Å². The minimum atomic E-state index is 0.622. The van der Waals surface area contributed by atoms with Gasteiger partial charge in [-0.2, -0.15) is 0 Å². The van der Waals surface area contributed by atoms with Crippen LogP contribution in [0, 0.1) is 0 Å². The lowest BCUT2D eigenvalue weighted by Crippen LogP contribution is -2.28. The first-order valence-corrected chi connectivity index (χ1v) is 8.09. The van der Waals surface area contributed by atoms with Crippen LogP contribution in [0.1, 0.15) is 19.3 Å². The van der Waals surface area contributed by atoms with Gasteiger partial charge >= 0.3 is 0 Å². The van der Waals surface area contributed by atoms with Gasteiger partial charge in [0, 0.05) is 29.4 Å². The molecule has 0 saturated carbocycles. The molecule has 22 heavy (non-hydrogen) atoms. The van der Waals surface area contributed by atoms with Crippen LogP contribution in [0.5, 0.6) is 0 Å². The molecule has 0 aliphatic carbocycles. The molecule has 1 aliphatic heterocycles. The minimum absolute atomic E-state index is 0.622. The molecule has 1 aromatic heterocycles. The van der Waals surface area contributed by atoms with Gasteiger partial charge < -0.3 is 4.90 Å². The summed E-state index contributed by atoms with van der Waals surface area (Å²) in [5.74, 6) is 0.708. The van der Waals surface area contributed by atoms with Crippen LogP contribution < -0.4 is 4.90 Å². The van der Waals surface area contributed by atoms with Crippen molar-refractivity contribution in [2.75, 3.05) is 11.4 Å². The van der Waals surface area contributed by atoms with Crippen molar-refractivity contribution in [3.05, 3.63) is 47.6 Å². The fourth-order valence-electron chi connectivity index (χ4n) is 3.13. The molecule has 0 atom stereocenters. The smallest absolute Gasteiger partial charge is 0.226 e. The summed E-state index contributed by atoms with van der Waals surface area (Å²) in [6.45, 7) is 5.04. The summed E-state index contributed by atoms with van der Waals surface area (Å²) in [5, 5.41) is 2.74. The van der Waals surface area contributed by atoms with Gasteiger partial charge in [0.1, 0.15) is 5.52 Å². The van der Waals surface area contributed by atoms with Crippen molar-refractivity contribution < 1.29 is 0 Å². The average molecular weight is 332 g/mol. The Labute approximate surface area is 138 Å². The van der Waals surface area contributed by atoms with Crippen molar-refractivity contribution in [2.45, 2.75) is 19.3 Å². The Morgan fingerprint density at radius 2 is 2.00 bits per heavy atom. The van der Waals surface area contributed by atoms with Gasteiger partial charge in [-0.05, 0) is 30.7 Å². The molecule has 1 saturated heterocycles. The molecule has 1 aliphatic rings. The second kappa shape index (κ2) is 5.18. The third-order valence-electron chi connectivity index (χ3n) is 4.25. The van der Waals surface area contributed by atoms with E-state index in [0.717, 1.165) is 46.9 Å². The lowest BCUT2D eigenvalue weighted by Gasteiger charge is -2.29. The maximum Gasteiger partial charge on any atom is 0.226 e. The van der Waals surface area contributed by atoms with Gasteiger partial charge in [-0.3, -0.25) is 0 Å². The number of benzene rings is 2. The fourth-order valence-corrected chi connectivity index (χ4v) is 3.68. The predicted octanol–water partition coefficient (Wildman–Crippen LogP) is 5.35. The van der Waals surface area contributed by atoms with Crippen LogP contribution in [0.4, 0.5) is 5.95 Å². The molecule has 0 unspecified atom stereocenters. The standard InChI is InChI=1S/C17H15Cl2N3/c1-11-6-4-5-9-21(11)17-20-15-14(18)10-12-7-2-3-8-13(12)16(15)22(17)19/h2-3,7-8,10H,1,4-6,9H2. The zero-order valence-electron chi connectivity index (χ0n) is 12.0. The second-order valence-corrected chi connectivity index (χ2v) is 6.39. The predicted molar refractivity (Wildman–Crippen MR) is 93.8 cm³/mol. The maximum atomic E-state index is 6.62. The minimum Gasteiger partial charge on any atom is -0.315 e. The fraction of sp³-hybridized carbons (Fsp3) is 0.235. The summed E-state index contributed by atoms with van der Waals surface area (Å²) in [6, 6.07) is 10.0. The van der Waals surface area contributed by atoms with E-state index in [4.69, 9.17) is 28.4 Å². The number of fused-ring (bicyclic) bond motifs is 3. The molecule has 3 nitrogen and oxygen atoms in total. The van der Waals surface area contributed by atoms with Gasteiger partial charge in [-0.15, -0.1) is 0 Å². The van der Waals surface area contributed by atoms with Gasteiger partial charge in [0.25, 0.3) is 0 Å². The van der Waals surface area contributed by atoms with E-state index >= 15 is 0 Å². The Hall–Kier alpha value is -1.71. The van der Waals surface area contributed by atoms with Crippen molar-refractivity contribution in [1.29, 1.82) is 0 Å². The van der Waals surface area contributed by atoms with Crippen LogP contribution in [0.15, 0.2) is 42.6 Å². The van der Waals surface area contributed by atoms with Crippen LogP contribution in [-0.2, 0) is 0 Å². The first-order chi connectivity index (χ1) is 10.7. The maximum absolute atomic E-state index is 6.62. The van der Waals surface area contributed by atoms with E-state index in [1.54, 1.807) is 4.09 Å². The molecule has 2 aromatic carbocycles. The Morgan fingerprint density at radius 1 is 1.18 bits per heavy atom. The quantitative estimate of drug-likeness (QED) is 0.599.